The van der Waals surface area contributed by atoms with E-state index in [-0.39, 0.29) is 5.91 Å². The van der Waals surface area contributed by atoms with Crippen molar-refractivity contribution in [2.24, 2.45) is 0 Å². The zero-order valence-corrected chi connectivity index (χ0v) is 21.5. The summed E-state index contributed by atoms with van der Waals surface area (Å²) < 4.78 is 0. The Morgan fingerprint density at radius 1 is 0.829 bits per heavy atom. The van der Waals surface area contributed by atoms with Gasteiger partial charge in [-0.15, -0.1) is 0 Å². The van der Waals surface area contributed by atoms with Crippen LogP contribution in [0.1, 0.15) is 19.3 Å². The van der Waals surface area contributed by atoms with E-state index in [1.807, 2.05) is 48.5 Å². The van der Waals surface area contributed by atoms with E-state index in [9.17, 15) is 4.79 Å². The molecule has 1 amide bonds. The maximum absolute atomic E-state index is 12.6. The molecule has 3 aromatic rings. The van der Waals surface area contributed by atoms with Crippen molar-refractivity contribution in [3.63, 3.8) is 0 Å². The van der Waals surface area contributed by atoms with E-state index in [1.54, 1.807) is 0 Å². The van der Waals surface area contributed by atoms with E-state index in [1.165, 1.54) is 0 Å². The van der Waals surface area contributed by atoms with Gasteiger partial charge >= 0.3 is 0 Å². The predicted molar refractivity (Wildman–Crippen MR) is 146 cm³/mol. The molecule has 0 radical (unpaired) electrons. The fraction of sp³-hybridized carbons (Fsp3) is 0.444. The van der Waals surface area contributed by atoms with Gasteiger partial charge in [0.25, 0.3) is 0 Å². The number of aromatic nitrogens is 2. The Morgan fingerprint density at radius 3 is 2.29 bits per heavy atom. The molecular weight excluding hydrogens is 438 g/mol. The fourth-order valence-electron chi connectivity index (χ4n) is 3.78. The first-order chi connectivity index (χ1) is 16.9. The maximum atomic E-state index is 12.6. The number of para-hydroxylation sites is 2. The number of fused-ring (bicyclic) bond motifs is 1. The van der Waals surface area contributed by atoms with Crippen molar-refractivity contribution in [2.75, 3.05) is 71.5 Å². The summed E-state index contributed by atoms with van der Waals surface area (Å²) >= 11 is 0. The van der Waals surface area contributed by atoms with Crippen molar-refractivity contribution < 1.29 is 4.79 Å². The van der Waals surface area contributed by atoms with Crippen LogP contribution in [0.5, 0.6) is 0 Å². The molecule has 0 saturated heterocycles. The molecule has 0 spiro atoms. The van der Waals surface area contributed by atoms with Crippen molar-refractivity contribution in [3.8, 4) is 11.4 Å². The van der Waals surface area contributed by atoms with Gasteiger partial charge in [-0.2, -0.15) is 0 Å². The second-order valence-electron chi connectivity index (χ2n) is 9.25. The third-order valence-electron chi connectivity index (χ3n) is 5.61. The molecule has 0 saturated carbocycles. The molecule has 1 heterocycles. The van der Waals surface area contributed by atoms with E-state index >= 15 is 0 Å². The Balaban J connectivity index is 1.71. The number of nitrogens with one attached hydrogen (secondary N) is 3. The number of benzene rings is 2. The third-order valence-corrected chi connectivity index (χ3v) is 5.61. The van der Waals surface area contributed by atoms with Crippen molar-refractivity contribution in [3.05, 3.63) is 48.5 Å². The van der Waals surface area contributed by atoms with Crippen LogP contribution in [0.15, 0.2) is 48.5 Å². The summed E-state index contributed by atoms with van der Waals surface area (Å²) in [5.74, 6) is 1.38. The predicted octanol–water partition coefficient (Wildman–Crippen LogP) is 3.53. The highest BCUT2D eigenvalue weighted by Crippen LogP contribution is 2.29. The first kappa shape index (κ1) is 26.5. The van der Waals surface area contributed by atoms with Crippen molar-refractivity contribution >= 4 is 28.3 Å². The molecular formula is C27H39N7O. The second kappa shape index (κ2) is 13.7. The molecule has 1 aromatic heterocycles. The summed E-state index contributed by atoms with van der Waals surface area (Å²) in [5, 5.41) is 10.9. The fourth-order valence-corrected chi connectivity index (χ4v) is 3.78. The smallest absolute Gasteiger partial charge is 0.225 e. The van der Waals surface area contributed by atoms with Crippen LogP contribution in [0.25, 0.3) is 22.3 Å². The van der Waals surface area contributed by atoms with Gasteiger partial charge in [-0.1, -0.05) is 24.3 Å². The molecule has 0 bridgehead atoms. The average Bonchev–Trinajstić information content (AvgIpc) is 2.83. The zero-order chi connectivity index (χ0) is 25.0. The van der Waals surface area contributed by atoms with E-state index in [0.29, 0.717) is 18.8 Å². The van der Waals surface area contributed by atoms with Gasteiger partial charge in [-0.3, -0.25) is 4.79 Å². The highest BCUT2D eigenvalue weighted by Gasteiger charge is 2.14. The second-order valence-corrected chi connectivity index (χ2v) is 9.25. The molecule has 0 atom stereocenters. The molecule has 3 rings (SSSR count). The lowest BCUT2D eigenvalue weighted by Gasteiger charge is -2.15. The largest absolute Gasteiger partial charge is 0.369 e. The van der Waals surface area contributed by atoms with Crippen LogP contribution in [-0.4, -0.2) is 86.6 Å². The number of hydrogen-bond donors (Lipinski definition) is 3. The third kappa shape index (κ3) is 8.58. The first-order valence-electron chi connectivity index (χ1n) is 12.3. The molecule has 0 unspecified atom stereocenters. The number of amides is 1. The molecule has 0 fully saturated rings. The Labute approximate surface area is 209 Å². The molecule has 0 aliphatic heterocycles. The molecule has 0 aliphatic carbocycles. The van der Waals surface area contributed by atoms with Gasteiger partial charge in [0.15, 0.2) is 5.82 Å². The quantitative estimate of drug-likeness (QED) is 0.306. The Hall–Kier alpha value is -3.07. The number of carbonyl (C=O) groups is 1. The van der Waals surface area contributed by atoms with Crippen molar-refractivity contribution in [1.82, 2.24) is 25.1 Å². The van der Waals surface area contributed by atoms with Crippen LogP contribution in [0, 0.1) is 0 Å². The summed E-state index contributed by atoms with van der Waals surface area (Å²) in [7, 11) is 8.28. The van der Waals surface area contributed by atoms with Crippen molar-refractivity contribution in [2.45, 2.75) is 19.3 Å². The van der Waals surface area contributed by atoms with Gasteiger partial charge in [0.1, 0.15) is 5.82 Å². The lowest BCUT2D eigenvalue weighted by molar-refractivity contribution is -0.116. The van der Waals surface area contributed by atoms with Crippen LogP contribution >= 0.6 is 0 Å². The summed E-state index contributed by atoms with van der Waals surface area (Å²) in [4.78, 5) is 26.6. The number of rotatable bonds is 14. The molecule has 8 heteroatoms. The van der Waals surface area contributed by atoms with Gasteiger partial charge in [0, 0.05) is 30.5 Å². The van der Waals surface area contributed by atoms with Crippen LogP contribution in [-0.2, 0) is 4.79 Å². The minimum atomic E-state index is -0.0274. The standard InChI is InChI=1S/C27H39N7O/c1-33(2)19-9-16-28-18-15-25(35)30-23-13-7-6-12-22(23)27-31-24-14-8-5-11-21(24)26(32-27)29-17-10-20-34(3)4/h5-8,11-14,28H,9-10,15-20H2,1-4H3,(H,30,35)(H,29,31,32). The zero-order valence-electron chi connectivity index (χ0n) is 21.5. The van der Waals surface area contributed by atoms with Gasteiger partial charge in [-0.25, -0.2) is 9.97 Å². The highest BCUT2D eigenvalue weighted by molar-refractivity contribution is 5.96. The van der Waals surface area contributed by atoms with Crippen LogP contribution in [0.2, 0.25) is 0 Å². The monoisotopic (exact) mass is 477 g/mol. The van der Waals surface area contributed by atoms with E-state index in [0.717, 1.165) is 67.0 Å². The summed E-state index contributed by atoms with van der Waals surface area (Å²) in [6, 6.07) is 15.7. The summed E-state index contributed by atoms with van der Waals surface area (Å²) in [6.07, 6.45) is 2.48. The Kier molecular flexibility index (Phi) is 10.4. The maximum Gasteiger partial charge on any atom is 0.225 e. The van der Waals surface area contributed by atoms with Gasteiger partial charge in [0.05, 0.1) is 11.2 Å². The van der Waals surface area contributed by atoms with Gasteiger partial charge in [-0.05, 0) is 84.9 Å². The topological polar surface area (TPSA) is 85.4 Å². The Bertz CT molecular complexity index is 1080. The van der Waals surface area contributed by atoms with E-state index in [4.69, 9.17) is 9.97 Å². The van der Waals surface area contributed by atoms with Crippen LogP contribution in [0.3, 0.4) is 0 Å². The van der Waals surface area contributed by atoms with Gasteiger partial charge in [0.2, 0.25) is 5.91 Å². The number of anilines is 2. The number of hydrogen-bond acceptors (Lipinski definition) is 7. The lowest BCUT2D eigenvalue weighted by atomic mass is 10.1. The average molecular weight is 478 g/mol. The SMILES string of the molecule is CN(C)CCCNCCC(=O)Nc1ccccc1-c1nc(NCCCN(C)C)c2ccccc2n1. The number of carbonyl (C=O) groups excluding carboxylic acids is 1. The summed E-state index contributed by atoms with van der Waals surface area (Å²) in [6.45, 7) is 4.40. The highest BCUT2D eigenvalue weighted by atomic mass is 16.1. The molecule has 2 aromatic carbocycles. The number of nitrogens with zero attached hydrogens (tertiary/aromatic N) is 4. The summed E-state index contributed by atoms with van der Waals surface area (Å²) in [5.41, 5.74) is 2.40. The van der Waals surface area contributed by atoms with Crippen LogP contribution in [0.4, 0.5) is 11.5 Å². The van der Waals surface area contributed by atoms with E-state index < -0.39 is 0 Å². The van der Waals surface area contributed by atoms with Crippen molar-refractivity contribution in [1.29, 1.82) is 0 Å². The minimum Gasteiger partial charge on any atom is -0.369 e. The molecule has 3 N–H and O–H groups in total. The first-order valence-corrected chi connectivity index (χ1v) is 12.3. The van der Waals surface area contributed by atoms with Crippen LogP contribution < -0.4 is 16.0 Å². The molecule has 188 valence electrons. The van der Waals surface area contributed by atoms with E-state index in [2.05, 4.69) is 53.9 Å². The molecule has 0 aliphatic rings. The normalized spacial score (nSPS) is 11.4. The molecule has 35 heavy (non-hydrogen) atoms. The van der Waals surface area contributed by atoms with Gasteiger partial charge < -0.3 is 25.8 Å². The minimum absolute atomic E-state index is 0.0274. The Morgan fingerprint density at radius 2 is 1.51 bits per heavy atom. The molecule has 8 nitrogen and oxygen atoms in total. The lowest BCUT2D eigenvalue weighted by Crippen LogP contribution is -2.25.